The summed E-state index contributed by atoms with van der Waals surface area (Å²) in [7, 11) is 1.79. The number of amides is 1. The lowest BCUT2D eigenvalue weighted by molar-refractivity contribution is -0.261. The van der Waals surface area contributed by atoms with Crippen LogP contribution in [0.3, 0.4) is 0 Å². The normalized spacial score (nSPS) is 40.0. The molecule has 0 aromatic heterocycles. The molecule has 7 unspecified atom stereocenters. The highest BCUT2D eigenvalue weighted by Gasteiger charge is 2.70. The van der Waals surface area contributed by atoms with Crippen molar-refractivity contribution >= 4 is 11.8 Å². The molecule has 2 saturated heterocycles. The molecular formula is C35H51NO6. The Morgan fingerprint density at radius 2 is 1.55 bits per heavy atom. The summed E-state index contributed by atoms with van der Waals surface area (Å²) in [6, 6.07) is 8.77. The number of anilines is 1. The highest BCUT2D eigenvalue weighted by molar-refractivity contribution is 5.87. The van der Waals surface area contributed by atoms with Crippen molar-refractivity contribution in [2.75, 3.05) is 38.4 Å². The van der Waals surface area contributed by atoms with Crippen LogP contribution in [0.15, 0.2) is 24.3 Å². The Morgan fingerprint density at radius 3 is 2.21 bits per heavy atom. The van der Waals surface area contributed by atoms with Crippen LogP contribution in [-0.4, -0.2) is 56.7 Å². The Hall–Kier alpha value is -1.67. The van der Waals surface area contributed by atoms with Crippen molar-refractivity contribution < 1.29 is 28.5 Å². The highest BCUT2D eigenvalue weighted by atomic mass is 16.7. The van der Waals surface area contributed by atoms with E-state index in [1.165, 1.54) is 24.8 Å². The summed E-state index contributed by atoms with van der Waals surface area (Å²) in [5, 5.41) is 0. The van der Waals surface area contributed by atoms with Crippen LogP contribution in [0.5, 0.6) is 0 Å². The molecule has 0 bridgehead atoms. The molecule has 7 heteroatoms. The van der Waals surface area contributed by atoms with E-state index in [2.05, 4.69) is 38.1 Å². The highest BCUT2D eigenvalue weighted by Crippen LogP contribution is 2.73. The topological polar surface area (TPSA) is 66.5 Å². The van der Waals surface area contributed by atoms with Crippen LogP contribution in [0, 0.1) is 34.5 Å². The molecule has 1 aromatic rings. The average Bonchev–Trinajstić information content (AvgIpc) is 3.68. The van der Waals surface area contributed by atoms with Crippen molar-refractivity contribution in [3.05, 3.63) is 29.8 Å². The zero-order valence-electron chi connectivity index (χ0n) is 26.6. The Balaban J connectivity index is 1.24. The molecule has 1 aromatic carbocycles. The van der Waals surface area contributed by atoms with Crippen molar-refractivity contribution in [1.82, 2.24) is 0 Å². The molecule has 6 fully saturated rings. The number of hydrogen-bond acceptors (Lipinski definition) is 6. The Bertz CT molecular complexity index is 1180. The Kier molecular flexibility index (Phi) is 6.86. The van der Waals surface area contributed by atoms with E-state index in [-0.39, 0.29) is 22.7 Å². The first-order valence-corrected chi connectivity index (χ1v) is 16.5. The van der Waals surface area contributed by atoms with Crippen LogP contribution in [0.25, 0.3) is 0 Å². The van der Waals surface area contributed by atoms with Gasteiger partial charge in [-0.25, -0.2) is 4.79 Å². The van der Waals surface area contributed by atoms with Gasteiger partial charge >= 0.3 is 6.09 Å². The minimum Gasteiger partial charge on any atom is -0.443 e. The smallest absolute Gasteiger partial charge is 0.414 e. The van der Waals surface area contributed by atoms with Crippen LogP contribution in [0.1, 0.15) is 97.5 Å². The molecule has 0 N–H and O–H groups in total. The molecular weight excluding hydrogens is 530 g/mol. The maximum atomic E-state index is 12.8. The monoisotopic (exact) mass is 581 g/mol. The molecule has 7 rings (SSSR count). The number of hydrogen-bond donors (Lipinski definition) is 0. The van der Waals surface area contributed by atoms with Gasteiger partial charge in [-0.2, -0.15) is 0 Å². The summed E-state index contributed by atoms with van der Waals surface area (Å²) in [6.07, 6.45) is 8.62. The maximum Gasteiger partial charge on any atom is 0.414 e. The lowest BCUT2D eigenvalue weighted by atomic mass is 9.41. The zero-order chi connectivity index (χ0) is 29.5. The van der Waals surface area contributed by atoms with Crippen LogP contribution in [-0.2, 0) is 23.7 Å². The van der Waals surface area contributed by atoms with E-state index in [4.69, 9.17) is 23.7 Å². The average molecular weight is 582 g/mol. The van der Waals surface area contributed by atoms with Gasteiger partial charge in [-0.3, -0.25) is 4.90 Å². The van der Waals surface area contributed by atoms with E-state index in [0.29, 0.717) is 42.8 Å². The molecule has 4 saturated carbocycles. The molecule has 7 nitrogen and oxygen atoms in total. The third-order valence-electron chi connectivity index (χ3n) is 12.6. The number of ether oxygens (including phenoxy) is 5. The third-order valence-corrected chi connectivity index (χ3v) is 12.6. The van der Waals surface area contributed by atoms with Crippen LogP contribution >= 0.6 is 0 Å². The standard InChI is InChI=1S/C35H51NO6/c1-31(2,3)42-30(37)36(6)25-10-7-23(8-11-25)27-22-33(5)28(13-14-35(33)40-19-20-41-35)26-12-9-24-21-34(38-17-18-39-34)16-15-32(24,4)29(26)27/h7-8,10-11,24,26-29H,9,12-22H2,1-6H3. The lowest BCUT2D eigenvalue weighted by Crippen LogP contribution is -2.60. The van der Waals surface area contributed by atoms with Crippen LogP contribution in [0.2, 0.25) is 0 Å². The number of fused-ring (bicyclic) bond motifs is 6. The predicted molar refractivity (Wildman–Crippen MR) is 160 cm³/mol. The fourth-order valence-corrected chi connectivity index (χ4v) is 10.7. The molecule has 42 heavy (non-hydrogen) atoms. The first-order chi connectivity index (χ1) is 19.9. The minimum atomic E-state index is -0.532. The van der Waals surface area contributed by atoms with E-state index >= 15 is 0 Å². The summed E-state index contributed by atoms with van der Waals surface area (Å²) in [4.78, 5) is 14.4. The molecule has 4 aliphatic carbocycles. The second-order valence-electron chi connectivity index (χ2n) is 15.7. The SMILES string of the molecule is CN(C(=O)OC(C)(C)C)c1ccc(C2CC3(C)C(CCC34OCCO4)C3CCC4CC5(CCC4(C)C23)OCCO5)cc1. The van der Waals surface area contributed by atoms with Gasteiger partial charge in [-0.05, 0) is 106 Å². The molecule has 2 spiro atoms. The first kappa shape index (κ1) is 29.1. The van der Waals surface area contributed by atoms with Gasteiger partial charge < -0.3 is 23.7 Å². The largest absolute Gasteiger partial charge is 0.443 e. The van der Waals surface area contributed by atoms with Gasteiger partial charge in [0.25, 0.3) is 0 Å². The van der Waals surface area contributed by atoms with Crippen molar-refractivity contribution in [3.63, 3.8) is 0 Å². The van der Waals surface area contributed by atoms with Crippen molar-refractivity contribution in [2.24, 2.45) is 34.5 Å². The first-order valence-electron chi connectivity index (χ1n) is 16.5. The van der Waals surface area contributed by atoms with Gasteiger partial charge in [0, 0.05) is 37.4 Å². The molecule has 6 aliphatic rings. The van der Waals surface area contributed by atoms with Gasteiger partial charge in [0.1, 0.15) is 5.60 Å². The quantitative estimate of drug-likeness (QED) is 0.366. The summed E-state index contributed by atoms with van der Waals surface area (Å²) < 4.78 is 31.2. The molecule has 232 valence electrons. The summed E-state index contributed by atoms with van der Waals surface area (Å²) in [5.74, 6) is 2.04. The van der Waals surface area contributed by atoms with E-state index in [1.807, 2.05) is 20.8 Å². The molecule has 0 radical (unpaired) electrons. The van der Waals surface area contributed by atoms with Crippen molar-refractivity contribution in [2.45, 2.75) is 109 Å². The lowest BCUT2D eigenvalue weighted by Gasteiger charge is -2.64. The van der Waals surface area contributed by atoms with Crippen molar-refractivity contribution in [3.8, 4) is 0 Å². The van der Waals surface area contributed by atoms with E-state index in [0.717, 1.165) is 51.0 Å². The van der Waals surface area contributed by atoms with E-state index < -0.39 is 11.4 Å². The molecule has 2 aliphatic heterocycles. The fraction of sp³-hybridized carbons (Fsp3) is 0.800. The number of carbonyl (C=O) groups excluding carboxylic acids is 1. The maximum absolute atomic E-state index is 12.8. The van der Waals surface area contributed by atoms with Crippen LogP contribution in [0.4, 0.5) is 10.5 Å². The number of carbonyl (C=O) groups is 1. The summed E-state index contributed by atoms with van der Waals surface area (Å²) >= 11 is 0. The third kappa shape index (κ3) is 4.39. The van der Waals surface area contributed by atoms with Gasteiger partial charge in [-0.15, -0.1) is 0 Å². The molecule has 1 amide bonds. The predicted octanol–water partition coefficient (Wildman–Crippen LogP) is 7.28. The van der Waals surface area contributed by atoms with Gasteiger partial charge in [0.05, 0.1) is 26.4 Å². The minimum absolute atomic E-state index is 0.0158. The summed E-state index contributed by atoms with van der Waals surface area (Å²) in [6.45, 7) is 13.6. The molecule has 2 heterocycles. The van der Waals surface area contributed by atoms with Gasteiger partial charge in [0.2, 0.25) is 0 Å². The number of rotatable bonds is 2. The van der Waals surface area contributed by atoms with E-state index in [9.17, 15) is 4.79 Å². The zero-order valence-corrected chi connectivity index (χ0v) is 26.6. The fourth-order valence-electron chi connectivity index (χ4n) is 10.7. The van der Waals surface area contributed by atoms with Crippen molar-refractivity contribution in [1.29, 1.82) is 0 Å². The van der Waals surface area contributed by atoms with E-state index in [1.54, 1.807) is 11.9 Å². The van der Waals surface area contributed by atoms with Gasteiger partial charge in [-0.1, -0.05) is 26.0 Å². The Labute approximate surface area is 251 Å². The second kappa shape index (κ2) is 9.92. The second-order valence-corrected chi connectivity index (χ2v) is 15.7. The summed E-state index contributed by atoms with van der Waals surface area (Å²) in [5.41, 5.74) is 1.91. The molecule has 7 atom stereocenters. The number of benzene rings is 1. The number of nitrogens with zero attached hydrogens (tertiary/aromatic N) is 1. The Morgan fingerprint density at radius 1 is 0.881 bits per heavy atom. The van der Waals surface area contributed by atoms with Crippen LogP contribution < -0.4 is 4.90 Å². The van der Waals surface area contributed by atoms with Gasteiger partial charge in [0.15, 0.2) is 11.6 Å².